The molecule has 0 saturated heterocycles. The van der Waals surface area contributed by atoms with Gasteiger partial charge in [0.25, 0.3) is 24.0 Å². The van der Waals surface area contributed by atoms with Gasteiger partial charge in [-0.05, 0) is 24.3 Å². The molecule has 37 heavy (non-hydrogen) atoms. The number of hydrogen-bond acceptors (Lipinski definition) is 7. The summed E-state index contributed by atoms with van der Waals surface area (Å²) in [6.45, 7) is -1.46. The third-order valence-corrected chi connectivity index (χ3v) is 5.69. The SMILES string of the molecule is N#Cc1cc(Cl)cc(Oc2c(C(F)F)ncn(Cc3cc(C(F)F)nn(CCP(=O)(O)O)c3=O)c2=O)c1. The Morgan fingerprint density at radius 2 is 1.81 bits per heavy atom. The van der Waals surface area contributed by atoms with Crippen LogP contribution in [0.15, 0.2) is 40.2 Å². The predicted molar refractivity (Wildman–Crippen MR) is 119 cm³/mol. The van der Waals surface area contributed by atoms with Crippen LogP contribution in [-0.4, -0.2) is 35.3 Å². The molecular formula is C20H15ClF4N5O6P. The summed E-state index contributed by atoms with van der Waals surface area (Å²) >= 11 is 5.87. The van der Waals surface area contributed by atoms with Crippen LogP contribution in [0.25, 0.3) is 0 Å². The van der Waals surface area contributed by atoms with Crippen LogP contribution in [0.4, 0.5) is 17.6 Å². The molecule has 0 amide bonds. The van der Waals surface area contributed by atoms with Crippen molar-refractivity contribution in [1.82, 2.24) is 19.3 Å². The molecule has 2 N–H and O–H groups in total. The molecule has 0 saturated carbocycles. The van der Waals surface area contributed by atoms with Gasteiger partial charge in [0.05, 0.1) is 37.2 Å². The lowest BCUT2D eigenvalue weighted by Gasteiger charge is -2.14. The Hall–Kier alpha value is -3.57. The second kappa shape index (κ2) is 11.2. The molecule has 11 nitrogen and oxygen atoms in total. The van der Waals surface area contributed by atoms with E-state index in [4.69, 9.17) is 31.4 Å². The Labute approximate surface area is 209 Å². The topological polar surface area (TPSA) is 160 Å². The summed E-state index contributed by atoms with van der Waals surface area (Å²) < 4.78 is 71.3. The molecule has 0 fully saturated rings. The molecular weight excluding hydrogens is 549 g/mol. The van der Waals surface area contributed by atoms with Crippen molar-refractivity contribution in [1.29, 1.82) is 5.26 Å². The van der Waals surface area contributed by atoms with Gasteiger partial charge in [0, 0.05) is 10.6 Å². The molecule has 0 spiro atoms. The van der Waals surface area contributed by atoms with Crippen LogP contribution in [0.5, 0.6) is 11.5 Å². The van der Waals surface area contributed by atoms with E-state index >= 15 is 0 Å². The van der Waals surface area contributed by atoms with Crippen LogP contribution in [0.2, 0.25) is 5.02 Å². The van der Waals surface area contributed by atoms with Gasteiger partial charge in [-0.1, -0.05) is 11.6 Å². The van der Waals surface area contributed by atoms with E-state index < -0.39 is 73.5 Å². The van der Waals surface area contributed by atoms with Gasteiger partial charge in [-0.3, -0.25) is 18.7 Å². The van der Waals surface area contributed by atoms with Gasteiger partial charge in [-0.25, -0.2) is 27.2 Å². The number of aryl methyl sites for hydroxylation is 1. The third kappa shape index (κ3) is 7.01. The number of nitriles is 1. The molecule has 0 aliphatic heterocycles. The van der Waals surface area contributed by atoms with Crippen LogP contribution < -0.4 is 15.9 Å². The van der Waals surface area contributed by atoms with Crippen molar-refractivity contribution in [3.63, 3.8) is 0 Å². The van der Waals surface area contributed by atoms with Gasteiger partial charge in [0.15, 0.2) is 5.69 Å². The first-order chi connectivity index (χ1) is 17.3. The van der Waals surface area contributed by atoms with E-state index in [0.717, 1.165) is 12.1 Å². The van der Waals surface area contributed by atoms with E-state index in [1.807, 2.05) is 0 Å². The molecule has 0 aliphatic carbocycles. The smallest absolute Gasteiger partial charge is 0.327 e. The lowest BCUT2D eigenvalue weighted by Crippen LogP contribution is -2.32. The number of alkyl halides is 4. The molecule has 0 bridgehead atoms. The van der Waals surface area contributed by atoms with E-state index in [1.165, 1.54) is 6.07 Å². The van der Waals surface area contributed by atoms with Crippen LogP contribution in [0.1, 0.15) is 35.4 Å². The number of aromatic nitrogens is 4. The fourth-order valence-electron chi connectivity index (χ4n) is 3.05. The van der Waals surface area contributed by atoms with Crippen molar-refractivity contribution < 1.29 is 36.7 Å². The molecule has 1 aromatic carbocycles. The molecule has 0 aliphatic rings. The first-order valence-corrected chi connectivity index (χ1v) is 12.2. The Morgan fingerprint density at radius 1 is 1.11 bits per heavy atom. The van der Waals surface area contributed by atoms with Crippen molar-refractivity contribution >= 4 is 19.2 Å². The van der Waals surface area contributed by atoms with Gasteiger partial charge >= 0.3 is 7.60 Å². The molecule has 196 valence electrons. The molecule has 2 heterocycles. The molecule has 3 aromatic rings. The highest BCUT2D eigenvalue weighted by atomic mass is 35.5. The highest BCUT2D eigenvalue weighted by molar-refractivity contribution is 7.51. The summed E-state index contributed by atoms with van der Waals surface area (Å²) in [6, 6.07) is 5.96. The molecule has 17 heteroatoms. The van der Waals surface area contributed by atoms with E-state index in [-0.39, 0.29) is 16.3 Å². The average Bonchev–Trinajstić information content (AvgIpc) is 2.80. The Morgan fingerprint density at radius 3 is 2.41 bits per heavy atom. The first kappa shape index (κ1) is 28.0. The van der Waals surface area contributed by atoms with Crippen molar-refractivity contribution in [2.24, 2.45) is 0 Å². The van der Waals surface area contributed by atoms with Crippen molar-refractivity contribution in [3.8, 4) is 17.6 Å². The number of benzene rings is 1. The van der Waals surface area contributed by atoms with Crippen molar-refractivity contribution in [2.45, 2.75) is 25.9 Å². The van der Waals surface area contributed by atoms with Gasteiger partial charge in [-0.15, -0.1) is 0 Å². The van der Waals surface area contributed by atoms with E-state index in [1.54, 1.807) is 6.07 Å². The second-order valence-electron chi connectivity index (χ2n) is 7.39. The highest BCUT2D eigenvalue weighted by Crippen LogP contribution is 2.34. The molecule has 0 unspecified atom stereocenters. The minimum absolute atomic E-state index is 0.00233. The second-order valence-corrected chi connectivity index (χ2v) is 9.61. The maximum atomic E-state index is 13.6. The zero-order valence-electron chi connectivity index (χ0n) is 18.3. The van der Waals surface area contributed by atoms with Gasteiger partial charge in [0.1, 0.15) is 11.4 Å². The summed E-state index contributed by atoms with van der Waals surface area (Å²) in [5.74, 6) is -1.21. The Bertz CT molecular complexity index is 1540. The van der Waals surface area contributed by atoms with Gasteiger partial charge < -0.3 is 14.5 Å². The normalized spacial score (nSPS) is 11.7. The van der Waals surface area contributed by atoms with E-state index in [9.17, 15) is 31.7 Å². The molecule has 0 radical (unpaired) electrons. The lowest BCUT2D eigenvalue weighted by atomic mass is 10.2. The van der Waals surface area contributed by atoms with Gasteiger partial charge in [-0.2, -0.15) is 10.4 Å². The summed E-state index contributed by atoms with van der Waals surface area (Å²) in [4.78, 5) is 47.3. The number of halogens is 5. The summed E-state index contributed by atoms with van der Waals surface area (Å²) in [5.41, 5.74) is -4.74. The third-order valence-electron chi connectivity index (χ3n) is 4.69. The molecule has 0 atom stereocenters. The fraction of sp³-hybridized carbons (Fsp3) is 0.250. The summed E-state index contributed by atoms with van der Waals surface area (Å²) in [7, 11) is -4.61. The predicted octanol–water partition coefficient (Wildman–Crippen LogP) is 3.22. The number of rotatable bonds is 9. The Kier molecular flexibility index (Phi) is 8.49. The number of ether oxygens (including phenoxy) is 1. The molecule has 3 rings (SSSR count). The number of nitrogens with zero attached hydrogens (tertiary/aromatic N) is 5. The summed E-state index contributed by atoms with van der Waals surface area (Å²) in [6.07, 6.45) is -6.69. The standard InChI is InChI=1S/C20H15ClF4N5O6P/c21-12-3-10(7-26)4-13(6-12)36-16-15(18(24)25)27-9-29(20(16)32)8-11-5-14(17(22)23)28-30(19(11)31)1-2-37(33,34)35/h3-6,9,17-18H,1-2,8H2,(H2,33,34,35). The van der Waals surface area contributed by atoms with E-state index in [0.29, 0.717) is 21.6 Å². The Balaban J connectivity index is 2.09. The van der Waals surface area contributed by atoms with Crippen LogP contribution in [0, 0.1) is 11.3 Å². The maximum absolute atomic E-state index is 13.6. The number of hydrogen-bond donors (Lipinski definition) is 2. The van der Waals surface area contributed by atoms with Crippen molar-refractivity contribution in [2.75, 3.05) is 6.16 Å². The molecule has 2 aromatic heterocycles. The zero-order valence-corrected chi connectivity index (χ0v) is 19.9. The van der Waals surface area contributed by atoms with Crippen LogP contribution in [0.3, 0.4) is 0 Å². The minimum Gasteiger partial charge on any atom is -0.449 e. The van der Waals surface area contributed by atoms with Crippen LogP contribution in [-0.2, 0) is 17.7 Å². The average molecular weight is 564 g/mol. The zero-order chi connectivity index (χ0) is 27.5. The monoisotopic (exact) mass is 563 g/mol. The summed E-state index contributed by atoms with van der Waals surface area (Å²) in [5, 5.41) is 12.4. The largest absolute Gasteiger partial charge is 0.449 e. The maximum Gasteiger partial charge on any atom is 0.327 e. The van der Waals surface area contributed by atoms with Gasteiger partial charge in [0.2, 0.25) is 5.75 Å². The van der Waals surface area contributed by atoms with Crippen LogP contribution >= 0.6 is 19.2 Å². The first-order valence-electron chi connectivity index (χ1n) is 9.98. The quantitative estimate of drug-likeness (QED) is 0.294. The lowest BCUT2D eigenvalue weighted by molar-refractivity contribution is 0.141. The highest BCUT2D eigenvalue weighted by Gasteiger charge is 2.24. The minimum atomic E-state index is -4.61. The fourth-order valence-corrected chi connectivity index (χ4v) is 3.73. The van der Waals surface area contributed by atoms with E-state index in [2.05, 4.69) is 10.1 Å². The van der Waals surface area contributed by atoms with Crippen molar-refractivity contribution in [3.05, 3.63) is 78.8 Å².